The Morgan fingerprint density at radius 3 is 2.50 bits per heavy atom. The number of rotatable bonds is 3. The van der Waals surface area contributed by atoms with Crippen molar-refractivity contribution in [3.8, 4) is 17.0 Å². The lowest BCUT2D eigenvalue weighted by molar-refractivity contribution is 0.415. The number of benzene rings is 1. The predicted octanol–water partition coefficient (Wildman–Crippen LogP) is 2.59. The van der Waals surface area contributed by atoms with Gasteiger partial charge in [0.05, 0.1) is 12.8 Å². The van der Waals surface area contributed by atoms with Gasteiger partial charge in [0.15, 0.2) is 0 Å². The van der Waals surface area contributed by atoms with E-state index < -0.39 is 0 Å². The van der Waals surface area contributed by atoms with Gasteiger partial charge in [0, 0.05) is 17.0 Å². The Bertz CT molecular complexity index is 476. The minimum absolute atomic E-state index is 0.502. The molecule has 0 bridgehead atoms. The Kier molecular flexibility index (Phi) is 3.22. The molecule has 84 valence electrons. The third-order valence-electron chi connectivity index (χ3n) is 2.38. The number of ether oxygens (including phenoxy) is 1. The van der Waals surface area contributed by atoms with Gasteiger partial charge in [-0.25, -0.2) is 4.98 Å². The van der Waals surface area contributed by atoms with E-state index in [9.17, 15) is 0 Å². The maximum Gasteiger partial charge on any atom is 0.118 e. The van der Waals surface area contributed by atoms with Crippen molar-refractivity contribution in [3.63, 3.8) is 0 Å². The van der Waals surface area contributed by atoms with Crippen molar-refractivity contribution in [3.05, 3.63) is 34.2 Å². The summed E-state index contributed by atoms with van der Waals surface area (Å²) in [7, 11) is 1.66. The van der Waals surface area contributed by atoms with E-state index in [4.69, 9.17) is 10.5 Å². The summed E-state index contributed by atoms with van der Waals surface area (Å²) in [6.45, 7) is 2.57. The minimum atomic E-state index is 0.502. The average Bonchev–Trinajstić information content (AvgIpc) is 2.71. The Hall–Kier alpha value is -1.39. The topological polar surface area (TPSA) is 48.1 Å². The van der Waals surface area contributed by atoms with Gasteiger partial charge in [-0.2, -0.15) is 0 Å². The van der Waals surface area contributed by atoms with Crippen LogP contribution in [-0.4, -0.2) is 12.1 Å². The lowest BCUT2D eigenvalue weighted by atomic mass is 10.1. The van der Waals surface area contributed by atoms with Gasteiger partial charge in [0.2, 0.25) is 0 Å². The molecule has 0 aliphatic rings. The van der Waals surface area contributed by atoms with E-state index in [0.29, 0.717) is 6.54 Å². The molecule has 3 nitrogen and oxygen atoms in total. The van der Waals surface area contributed by atoms with Crippen molar-refractivity contribution in [2.75, 3.05) is 7.11 Å². The largest absolute Gasteiger partial charge is 0.497 e. The highest BCUT2D eigenvalue weighted by Gasteiger charge is 2.08. The second kappa shape index (κ2) is 4.63. The molecule has 0 fully saturated rings. The molecule has 2 aromatic rings. The first-order chi connectivity index (χ1) is 7.74. The maximum atomic E-state index is 5.58. The van der Waals surface area contributed by atoms with Crippen molar-refractivity contribution < 1.29 is 4.74 Å². The van der Waals surface area contributed by atoms with Crippen LogP contribution in [0.4, 0.5) is 0 Å². The Labute approximate surface area is 98.9 Å². The summed E-state index contributed by atoms with van der Waals surface area (Å²) in [4.78, 5) is 5.71. The highest BCUT2D eigenvalue weighted by atomic mass is 32.1. The summed E-state index contributed by atoms with van der Waals surface area (Å²) >= 11 is 1.65. The van der Waals surface area contributed by atoms with Gasteiger partial charge >= 0.3 is 0 Å². The summed E-state index contributed by atoms with van der Waals surface area (Å²) in [5.41, 5.74) is 7.71. The summed E-state index contributed by atoms with van der Waals surface area (Å²) in [5, 5.41) is 0.975. The summed E-state index contributed by atoms with van der Waals surface area (Å²) < 4.78 is 5.12. The molecule has 0 radical (unpaired) electrons. The van der Waals surface area contributed by atoms with Crippen LogP contribution in [0.25, 0.3) is 11.3 Å². The van der Waals surface area contributed by atoms with E-state index >= 15 is 0 Å². The molecule has 0 aliphatic heterocycles. The molecule has 0 amide bonds. The molecule has 0 aliphatic carbocycles. The van der Waals surface area contributed by atoms with Gasteiger partial charge in [0.1, 0.15) is 10.8 Å². The lowest BCUT2D eigenvalue weighted by Crippen LogP contribution is -1.94. The minimum Gasteiger partial charge on any atom is -0.497 e. The lowest BCUT2D eigenvalue weighted by Gasteiger charge is -2.01. The van der Waals surface area contributed by atoms with Crippen molar-refractivity contribution >= 4 is 11.3 Å². The SMILES string of the molecule is COc1ccc(-c2nc(CN)sc2C)cc1. The van der Waals surface area contributed by atoms with Crippen LogP contribution in [0.5, 0.6) is 5.75 Å². The van der Waals surface area contributed by atoms with Crippen LogP contribution in [-0.2, 0) is 6.54 Å². The van der Waals surface area contributed by atoms with Crippen LogP contribution in [0.1, 0.15) is 9.88 Å². The predicted molar refractivity (Wildman–Crippen MR) is 66.7 cm³/mol. The first-order valence-corrected chi connectivity index (χ1v) is 5.87. The van der Waals surface area contributed by atoms with Crippen LogP contribution in [0, 0.1) is 6.92 Å². The molecular formula is C12H14N2OS. The number of aryl methyl sites for hydroxylation is 1. The monoisotopic (exact) mass is 234 g/mol. The molecule has 1 aromatic carbocycles. The quantitative estimate of drug-likeness (QED) is 0.888. The van der Waals surface area contributed by atoms with Gasteiger partial charge in [-0.05, 0) is 31.2 Å². The number of methoxy groups -OCH3 is 1. The van der Waals surface area contributed by atoms with E-state index in [1.165, 1.54) is 4.88 Å². The van der Waals surface area contributed by atoms with Crippen LogP contribution in [0.3, 0.4) is 0 Å². The summed E-state index contributed by atoms with van der Waals surface area (Å²) in [5.74, 6) is 0.857. The molecule has 0 unspecified atom stereocenters. The molecule has 0 atom stereocenters. The van der Waals surface area contributed by atoms with E-state index in [0.717, 1.165) is 22.0 Å². The van der Waals surface area contributed by atoms with Gasteiger partial charge in [-0.3, -0.25) is 0 Å². The first kappa shape index (κ1) is 11.1. The standard InChI is InChI=1S/C12H14N2OS/c1-8-12(14-11(7-13)16-8)9-3-5-10(15-2)6-4-9/h3-6H,7,13H2,1-2H3. The molecule has 2 N–H and O–H groups in total. The number of aromatic nitrogens is 1. The first-order valence-electron chi connectivity index (χ1n) is 5.05. The number of hydrogen-bond acceptors (Lipinski definition) is 4. The molecule has 1 aromatic heterocycles. The van der Waals surface area contributed by atoms with Crippen LogP contribution in [0.2, 0.25) is 0 Å². The molecule has 0 spiro atoms. The van der Waals surface area contributed by atoms with E-state index in [2.05, 4.69) is 11.9 Å². The van der Waals surface area contributed by atoms with Crippen molar-refractivity contribution in [2.45, 2.75) is 13.5 Å². The normalized spacial score (nSPS) is 10.4. The molecule has 2 rings (SSSR count). The number of hydrogen-bond donors (Lipinski definition) is 1. The Morgan fingerprint density at radius 1 is 1.31 bits per heavy atom. The van der Waals surface area contributed by atoms with Crippen molar-refractivity contribution in [1.29, 1.82) is 0 Å². The summed E-state index contributed by atoms with van der Waals surface area (Å²) in [6, 6.07) is 7.91. The zero-order chi connectivity index (χ0) is 11.5. The van der Waals surface area contributed by atoms with E-state index in [1.54, 1.807) is 18.4 Å². The number of nitrogens with zero attached hydrogens (tertiary/aromatic N) is 1. The maximum absolute atomic E-state index is 5.58. The third-order valence-corrected chi connectivity index (χ3v) is 3.37. The van der Waals surface area contributed by atoms with Gasteiger partial charge in [-0.15, -0.1) is 11.3 Å². The number of thiazole rings is 1. The highest BCUT2D eigenvalue weighted by Crippen LogP contribution is 2.28. The van der Waals surface area contributed by atoms with Gasteiger partial charge in [-0.1, -0.05) is 0 Å². The van der Waals surface area contributed by atoms with Crippen LogP contribution >= 0.6 is 11.3 Å². The second-order valence-electron chi connectivity index (χ2n) is 3.45. The zero-order valence-corrected chi connectivity index (χ0v) is 10.2. The second-order valence-corrected chi connectivity index (χ2v) is 4.73. The Morgan fingerprint density at radius 2 is 2.00 bits per heavy atom. The molecular weight excluding hydrogens is 220 g/mol. The fraction of sp³-hybridized carbons (Fsp3) is 0.250. The fourth-order valence-electron chi connectivity index (χ4n) is 1.56. The van der Waals surface area contributed by atoms with Crippen molar-refractivity contribution in [1.82, 2.24) is 4.98 Å². The molecule has 4 heteroatoms. The molecule has 16 heavy (non-hydrogen) atoms. The fourth-order valence-corrected chi connectivity index (χ4v) is 2.39. The average molecular weight is 234 g/mol. The van der Waals surface area contributed by atoms with Gasteiger partial charge < -0.3 is 10.5 Å². The van der Waals surface area contributed by atoms with Crippen molar-refractivity contribution in [2.24, 2.45) is 5.73 Å². The highest BCUT2D eigenvalue weighted by molar-refractivity contribution is 7.12. The molecule has 0 saturated carbocycles. The zero-order valence-electron chi connectivity index (χ0n) is 9.36. The van der Waals surface area contributed by atoms with E-state index in [1.807, 2.05) is 24.3 Å². The molecule has 1 heterocycles. The van der Waals surface area contributed by atoms with Gasteiger partial charge in [0.25, 0.3) is 0 Å². The smallest absolute Gasteiger partial charge is 0.118 e. The van der Waals surface area contributed by atoms with Crippen LogP contribution in [0.15, 0.2) is 24.3 Å². The Balaban J connectivity index is 2.38. The molecule has 0 saturated heterocycles. The van der Waals surface area contributed by atoms with E-state index in [-0.39, 0.29) is 0 Å². The van der Waals surface area contributed by atoms with Crippen LogP contribution < -0.4 is 10.5 Å². The number of nitrogens with two attached hydrogens (primary N) is 1. The third kappa shape index (κ3) is 2.08. The summed E-state index contributed by atoms with van der Waals surface area (Å²) in [6.07, 6.45) is 0.